The summed E-state index contributed by atoms with van der Waals surface area (Å²) in [6.45, 7) is 0. The third-order valence-electron chi connectivity index (χ3n) is 12.5. The van der Waals surface area contributed by atoms with Gasteiger partial charge in [-0.25, -0.2) is 0 Å². The minimum Gasteiger partial charge on any atom is -0.310 e. The van der Waals surface area contributed by atoms with Gasteiger partial charge < -0.3 is 9.13 Å². The van der Waals surface area contributed by atoms with Gasteiger partial charge in [0.1, 0.15) is 54.9 Å². The van der Waals surface area contributed by atoms with Gasteiger partial charge in [-0.2, -0.15) is 0 Å². The molecule has 0 aliphatic heterocycles. The zero-order chi connectivity index (χ0) is 43.1. The molecule has 14 radical (unpaired) electrons. The maximum absolute atomic E-state index is 7.46. The Kier molecular flexibility index (Phi) is 9.35. The molecule has 9 aromatic carbocycles. The van der Waals surface area contributed by atoms with Crippen molar-refractivity contribution in [1.29, 1.82) is 0 Å². The first-order valence-corrected chi connectivity index (χ1v) is 20.7. The molecule has 0 saturated heterocycles. The lowest BCUT2D eigenvalue weighted by Crippen LogP contribution is -2.48. The van der Waals surface area contributed by atoms with Crippen molar-refractivity contribution in [1.82, 2.24) is 9.13 Å². The molecular formula is C54H29B7N2. The lowest BCUT2D eigenvalue weighted by atomic mass is 9.64. The van der Waals surface area contributed by atoms with Crippen molar-refractivity contribution in [2.24, 2.45) is 0 Å². The van der Waals surface area contributed by atoms with Crippen LogP contribution in [-0.4, -0.2) is 64.1 Å². The summed E-state index contributed by atoms with van der Waals surface area (Å²) in [5, 5.41) is 3.22. The monoisotopic (exact) mass is 782 g/mol. The highest BCUT2D eigenvalue weighted by Crippen LogP contribution is 2.40. The predicted molar refractivity (Wildman–Crippen MR) is 275 cm³/mol. The molecule has 2 heterocycles. The van der Waals surface area contributed by atoms with Crippen LogP contribution in [0.2, 0.25) is 0 Å². The summed E-state index contributed by atoms with van der Waals surface area (Å²) in [5.41, 5.74) is 14.5. The Bertz CT molecular complexity index is 3560. The average Bonchev–Trinajstić information content (AvgIpc) is 3.87. The van der Waals surface area contributed by atoms with Gasteiger partial charge in [0.15, 0.2) is 0 Å². The molecule has 0 fully saturated rings. The largest absolute Gasteiger partial charge is 0.310 e. The fourth-order valence-corrected chi connectivity index (χ4v) is 9.52. The van der Waals surface area contributed by atoms with Gasteiger partial charge in [-0.15, -0.1) is 10.9 Å². The molecule has 11 rings (SSSR count). The van der Waals surface area contributed by atoms with Crippen molar-refractivity contribution in [2.45, 2.75) is 0 Å². The van der Waals surface area contributed by atoms with E-state index in [4.69, 9.17) is 54.9 Å². The second-order valence-electron chi connectivity index (χ2n) is 16.0. The number of fused-ring (bicyclic) bond motifs is 6. The zero-order valence-electron chi connectivity index (χ0n) is 34.2. The molecule has 2 aromatic heterocycles. The molecule has 276 valence electrons. The number of hydrogen-bond acceptors (Lipinski definition) is 0. The van der Waals surface area contributed by atoms with E-state index in [9.17, 15) is 0 Å². The Morgan fingerprint density at radius 2 is 0.810 bits per heavy atom. The summed E-state index contributed by atoms with van der Waals surface area (Å²) in [7, 11) is 49.3. The van der Waals surface area contributed by atoms with Gasteiger partial charge in [-0.1, -0.05) is 161 Å². The standard InChI is InChI=1S/C54H29B7N2/c55-45-42(33-24-25-41-40(29-33)39-23-13-22-38(32-18-9-3-10-19-32)52(39)62(41)36-20-11-4-12-21-36)46(56)50(60)53-43(45)44-47(57)48(58)49(59)51(61)54(44)63(53)37-27-34(30-14-5-1-6-15-30)26-35(28-37)31-16-7-2-8-17-31/h1-29H. The van der Waals surface area contributed by atoms with Crippen LogP contribution in [0, 0.1) is 0 Å². The maximum Gasteiger partial charge on any atom is 0.115 e. The number of para-hydroxylation sites is 2. The Morgan fingerprint density at radius 1 is 0.286 bits per heavy atom. The fourth-order valence-electron chi connectivity index (χ4n) is 9.52. The van der Waals surface area contributed by atoms with Gasteiger partial charge in [0, 0.05) is 44.1 Å². The normalized spacial score (nSPS) is 11.6. The topological polar surface area (TPSA) is 9.86 Å². The van der Waals surface area contributed by atoms with Crippen molar-refractivity contribution in [3.8, 4) is 55.9 Å². The van der Waals surface area contributed by atoms with E-state index in [-0.39, 0.29) is 21.9 Å². The van der Waals surface area contributed by atoms with Crippen LogP contribution in [0.3, 0.4) is 0 Å². The van der Waals surface area contributed by atoms with Gasteiger partial charge >= 0.3 is 0 Å². The van der Waals surface area contributed by atoms with Crippen LogP contribution in [0.1, 0.15) is 0 Å². The molecule has 11 aromatic rings. The lowest BCUT2D eigenvalue weighted by Gasteiger charge is -2.20. The van der Waals surface area contributed by atoms with E-state index < -0.39 is 0 Å². The first-order chi connectivity index (χ1) is 30.7. The molecule has 63 heavy (non-hydrogen) atoms. The SMILES string of the molecule is [B]c1c([B])c([B])c2c(c1[B])c1c([B])c(-c3ccc4c(c3)c3cccc(-c5ccccc5)c3n4-c3ccccc3)c([B])c([B])c1n2-c1cc(-c2ccccc2)cc(-c2ccccc2)c1. The number of nitrogens with zero attached hydrogens (tertiary/aromatic N) is 2. The van der Waals surface area contributed by atoms with E-state index in [0.29, 0.717) is 43.8 Å². The van der Waals surface area contributed by atoms with E-state index in [1.807, 2.05) is 53.1 Å². The van der Waals surface area contributed by atoms with Gasteiger partial charge in [0.25, 0.3) is 0 Å². The Morgan fingerprint density at radius 3 is 1.41 bits per heavy atom. The van der Waals surface area contributed by atoms with Crippen molar-refractivity contribution in [3.05, 3.63) is 176 Å². The number of hydrogen-bond donors (Lipinski definition) is 0. The highest BCUT2D eigenvalue weighted by molar-refractivity contribution is 6.69. The summed E-state index contributed by atoms with van der Waals surface area (Å²) in [4.78, 5) is 0. The van der Waals surface area contributed by atoms with Crippen molar-refractivity contribution in [3.63, 3.8) is 0 Å². The van der Waals surface area contributed by atoms with Gasteiger partial charge in [0.05, 0.1) is 11.0 Å². The summed E-state index contributed by atoms with van der Waals surface area (Å²) < 4.78 is 4.30. The molecule has 0 atom stereocenters. The van der Waals surface area contributed by atoms with E-state index in [2.05, 4.69) is 132 Å². The van der Waals surface area contributed by atoms with Crippen LogP contribution in [0.15, 0.2) is 176 Å². The smallest absolute Gasteiger partial charge is 0.115 e. The highest BCUT2D eigenvalue weighted by atomic mass is 15.0. The first kappa shape index (κ1) is 38.9. The molecule has 0 unspecified atom stereocenters. The fraction of sp³-hybridized carbons (Fsp3) is 0. The van der Waals surface area contributed by atoms with E-state index in [1.165, 1.54) is 0 Å². The maximum atomic E-state index is 7.46. The van der Waals surface area contributed by atoms with Crippen molar-refractivity contribution in [2.75, 3.05) is 0 Å². The summed E-state index contributed by atoms with van der Waals surface area (Å²) in [5.74, 6) is 0. The van der Waals surface area contributed by atoms with Gasteiger partial charge in [-0.05, 0) is 86.8 Å². The molecule has 0 spiro atoms. The third-order valence-corrected chi connectivity index (χ3v) is 12.5. The average molecular weight is 782 g/mol. The van der Waals surface area contributed by atoms with Gasteiger partial charge in [-0.3, -0.25) is 0 Å². The number of rotatable bonds is 6. The van der Waals surface area contributed by atoms with Crippen LogP contribution in [0.25, 0.3) is 99.5 Å². The van der Waals surface area contributed by atoms with E-state index >= 15 is 0 Å². The number of benzene rings is 9. The molecule has 0 bridgehead atoms. The van der Waals surface area contributed by atoms with Crippen molar-refractivity contribution >= 4 is 137 Å². The minimum atomic E-state index is 0.169. The summed E-state index contributed by atoms with van der Waals surface area (Å²) in [6.07, 6.45) is 0. The van der Waals surface area contributed by atoms with E-state index in [0.717, 1.165) is 72.1 Å². The molecular weight excluding hydrogens is 752 g/mol. The van der Waals surface area contributed by atoms with Crippen molar-refractivity contribution < 1.29 is 0 Å². The predicted octanol–water partition coefficient (Wildman–Crippen LogP) is 6.11. The molecule has 2 nitrogen and oxygen atoms in total. The van der Waals surface area contributed by atoms with Crippen LogP contribution >= 0.6 is 0 Å². The lowest BCUT2D eigenvalue weighted by molar-refractivity contribution is 1.18. The van der Waals surface area contributed by atoms with E-state index in [1.54, 1.807) is 0 Å². The van der Waals surface area contributed by atoms with Crippen LogP contribution in [0.5, 0.6) is 0 Å². The second-order valence-corrected chi connectivity index (χ2v) is 16.0. The summed E-state index contributed by atoms with van der Waals surface area (Å²) >= 11 is 0. The molecule has 0 aliphatic carbocycles. The quantitative estimate of drug-likeness (QED) is 0.181. The Balaban J connectivity index is 1.23. The molecule has 0 aliphatic rings. The van der Waals surface area contributed by atoms with Crippen LogP contribution in [-0.2, 0) is 0 Å². The van der Waals surface area contributed by atoms with Crippen LogP contribution in [0.4, 0.5) is 0 Å². The third kappa shape index (κ3) is 6.04. The summed E-state index contributed by atoms with van der Waals surface area (Å²) in [6, 6.07) is 60.4. The second kappa shape index (κ2) is 15.1. The first-order valence-electron chi connectivity index (χ1n) is 20.7. The molecule has 0 amide bonds. The minimum absolute atomic E-state index is 0.169. The molecule has 0 saturated carbocycles. The van der Waals surface area contributed by atoms with Gasteiger partial charge in [0.2, 0.25) is 0 Å². The van der Waals surface area contributed by atoms with Crippen LogP contribution < -0.4 is 38.2 Å². The Hall–Kier alpha value is -6.97. The highest BCUT2D eigenvalue weighted by Gasteiger charge is 2.26. The molecule has 9 heteroatoms. The Labute approximate surface area is 375 Å². The number of aromatic nitrogens is 2. The zero-order valence-corrected chi connectivity index (χ0v) is 34.2. The molecule has 0 N–H and O–H groups in total.